The van der Waals surface area contributed by atoms with Gasteiger partial charge >= 0.3 is 0 Å². The van der Waals surface area contributed by atoms with Crippen LogP contribution in [0.25, 0.3) is 0 Å². The number of rotatable bonds is 6. The van der Waals surface area contributed by atoms with E-state index in [1.807, 2.05) is 7.05 Å². The zero-order chi connectivity index (χ0) is 7.66. The summed E-state index contributed by atoms with van der Waals surface area (Å²) in [6.45, 7) is 3.32. The van der Waals surface area contributed by atoms with Crippen molar-refractivity contribution in [3.63, 3.8) is 0 Å². The number of hydrogen-bond donors (Lipinski definition) is 1. The predicted octanol–water partition coefficient (Wildman–Crippen LogP) is 2.34. The third kappa shape index (κ3) is 7.70. The highest BCUT2D eigenvalue weighted by molar-refractivity contribution is 4.79. The van der Waals surface area contributed by atoms with Crippen molar-refractivity contribution >= 4 is 0 Å². The fourth-order valence-electron chi connectivity index (χ4n) is 0.848. The Bertz CT molecular complexity index is 76.8. The minimum atomic E-state index is 1.15. The first-order valence-electron chi connectivity index (χ1n) is 4.21. The second kappa shape index (κ2) is 8.70. The Morgan fingerprint density at radius 3 is 2.60 bits per heavy atom. The van der Waals surface area contributed by atoms with E-state index in [1.165, 1.54) is 25.7 Å². The van der Waals surface area contributed by atoms with Gasteiger partial charge in [0.1, 0.15) is 0 Å². The molecule has 0 bridgehead atoms. The van der Waals surface area contributed by atoms with Crippen molar-refractivity contribution in [1.29, 1.82) is 0 Å². The maximum absolute atomic E-state index is 3.13. The molecule has 10 heavy (non-hydrogen) atoms. The van der Waals surface area contributed by atoms with Crippen LogP contribution in [-0.4, -0.2) is 13.6 Å². The van der Waals surface area contributed by atoms with E-state index in [-0.39, 0.29) is 0 Å². The van der Waals surface area contributed by atoms with Gasteiger partial charge < -0.3 is 5.32 Å². The zero-order valence-electron chi connectivity index (χ0n) is 7.19. The molecule has 0 atom stereocenters. The van der Waals surface area contributed by atoms with Crippen molar-refractivity contribution in [3.05, 3.63) is 12.2 Å². The fourth-order valence-corrected chi connectivity index (χ4v) is 0.848. The lowest BCUT2D eigenvalue weighted by Crippen LogP contribution is -2.06. The summed E-state index contributed by atoms with van der Waals surface area (Å²) in [7, 11) is 2.00. The van der Waals surface area contributed by atoms with E-state index in [0.717, 1.165) is 6.54 Å². The Hall–Kier alpha value is -0.300. The first-order chi connectivity index (χ1) is 4.91. The Morgan fingerprint density at radius 1 is 1.20 bits per heavy atom. The van der Waals surface area contributed by atoms with Gasteiger partial charge in [0.15, 0.2) is 0 Å². The molecule has 0 amide bonds. The van der Waals surface area contributed by atoms with E-state index in [0.29, 0.717) is 0 Å². The van der Waals surface area contributed by atoms with Crippen LogP contribution in [0.3, 0.4) is 0 Å². The van der Waals surface area contributed by atoms with E-state index in [9.17, 15) is 0 Å². The molecule has 0 radical (unpaired) electrons. The average Bonchev–Trinajstić information content (AvgIpc) is 1.97. The molecule has 0 aromatic heterocycles. The topological polar surface area (TPSA) is 12.0 Å². The van der Waals surface area contributed by atoms with Crippen LogP contribution in [0.4, 0.5) is 0 Å². The van der Waals surface area contributed by atoms with E-state index >= 15 is 0 Å². The summed E-state index contributed by atoms with van der Waals surface area (Å²) in [5.74, 6) is 0. The molecule has 0 fully saturated rings. The second-order valence-electron chi connectivity index (χ2n) is 2.48. The van der Waals surface area contributed by atoms with Crippen LogP contribution in [0.15, 0.2) is 12.2 Å². The molecule has 0 spiro atoms. The average molecular weight is 141 g/mol. The van der Waals surface area contributed by atoms with Gasteiger partial charge in [0.05, 0.1) is 0 Å². The summed E-state index contributed by atoms with van der Waals surface area (Å²) < 4.78 is 0. The van der Waals surface area contributed by atoms with E-state index < -0.39 is 0 Å². The normalized spacial score (nSPS) is 11.0. The number of allylic oxidation sites excluding steroid dienone is 2. The largest absolute Gasteiger partial charge is 0.320 e. The van der Waals surface area contributed by atoms with E-state index in [4.69, 9.17) is 0 Å². The zero-order valence-corrected chi connectivity index (χ0v) is 7.19. The van der Waals surface area contributed by atoms with Gasteiger partial charge in [-0.25, -0.2) is 0 Å². The summed E-state index contributed by atoms with van der Waals surface area (Å²) >= 11 is 0. The lowest BCUT2D eigenvalue weighted by atomic mass is 10.2. The van der Waals surface area contributed by atoms with Crippen molar-refractivity contribution in [2.24, 2.45) is 0 Å². The van der Waals surface area contributed by atoms with Crippen LogP contribution in [0.5, 0.6) is 0 Å². The lowest BCUT2D eigenvalue weighted by molar-refractivity contribution is 0.684. The van der Waals surface area contributed by atoms with Crippen molar-refractivity contribution in [1.82, 2.24) is 5.32 Å². The first kappa shape index (κ1) is 9.70. The minimum absolute atomic E-state index is 1.15. The van der Waals surface area contributed by atoms with Gasteiger partial charge in [-0.15, -0.1) is 0 Å². The molecule has 60 valence electrons. The van der Waals surface area contributed by atoms with Crippen LogP contribution < -0.4 is 5.32 Å². The van der Waals surface area contributed by atoms with Crippen LogP contribution >= 0.6 is 0 Å². The van der Waals surface area contributed by atoms with Gasteiger partial charge in [-0.1, -0.05) is 19.1 Å². The third-order valence-electron chi connectivity index (χ3n) is 1.45. The molecule has 0 aromatic carbocycles. The Labute approximate surface area is 64.5 Å². The molecule has 1 N–H and O–H groups in total. The molecule has 0 rings (SSSR count). The van der Waals surface area contributed by atoms with Crippen molar-refractivity contribution in [2.75, 3.05) is 13.6 Å². The summed E-state index contributed by atoms with van der Waals surface area (Å²) in [6.07, 6.45) is 9.54. The second-order valence-corrected chi connectivity index (χ2v) is 2.48. The van der Waals surface area contributed by atoms with Gasteiger partial charge in [0.2, 0.25) is 0 Å². The molecule has 1 nitrogen and oxygen atoms in total. The highest BCUT2D eigenvalue weighted by Crippen LogP contribution is 1.95. The van der Waals surface area contributed by atoms with E-state index in [2.05, 4.69) is 24.4 Å². The van der Waals surface area contributed by atoms with Crippen LogP contribution in [-0.2, 0) is 0 Å². The summed E-state index contributed by atoms with van der Waals surface area (Å²) in [5, 5.41) is 3.13. The van der Waals surface area contributed by atoms with Crippen molar-refractivity contribution < 1.29 is 0 Å². The molecule has 0 aromatic rings. The van der Waals surface area contributed by atoms with Gasteiger partial charge in [-0.05, 0) is 39.3 Å². The Kier molecular flexibility index (Phi) is 8.44. The third-order valence-corrected chi connectivity index (χ3v) is 1.45. The molecule has 0 aliphatic carbocycles. The molecule has 0 heterocycles. The number of nitrogens with one attached hydrogen (secondary N) is 1. The van der Waals surface area contributed by atoms with Gasteiger partial charge in [-0.3, -0.25) is 0 Å². The lowest BCUT2D eigenvalue weighted by Gasteiger charge is -1.94. The molecule has 0 aliphatic heterocycles. The fraction of sp³-hybridized carbons (Fsp3) is 0.778. The van der Waals surface area contributed by atoms with Gasteiger partial charge in [-0.2, -0.15) is 0 Å². The molecule has 0 aliphatic rings. The monoisotopic (exact) mass is 141 g/mol. The first-order valence-corrected chi connectivity index (χ1v) is 4.21. The predicted molar refractivity (Wildman–Crippen MR) is 47.2 cm³/mol. The van der Waals surface area contributed by atoms with Crippen LogP contribution in [0.2, 0.25) is 0 Å². The van der Waals surface area contributed by atoms with Gasteiger partial charge in [0.25, 0.3) is 0 Å². The molecular formula is C9H19N. The molecular weight excluding hydrogens is 122 g/mol. The molecule has 0 saturated carbocycles. The summed E-state index contributed by atoms with van der Waals surface area (Å²) in [5.41, 5.74) is 0. The Balaban J connectivity index is 2.83. The van der Waals surface area contributed by atoms with Crippen molar-refractivity contribution in [2.45, 2.75) is 32.6 Å². The van der Waals surface area contributed by atoms with E-state index in [1.54, 1.807) is 0 Å². The van der Waals surface area contributed by atoms with Crippen LogP contribution in [0, 0.1) is 0 Å². The molecule has 0 saturated heterocycles. The van der Waals surface area contributed by atoms with Crippen LogP contribution in [0.1, 0.15) is 32.6 Å². The Morgan fingerprint density at radius 2 is 2.00 bits per heavy atom. The summed E-state index contributed by atoms with van der Waals surface area (Å²) in [6, 6.07) is 0. The SMILES string of the molecule is CC/C=C/CCCCNC. The quantitative estimate of drug-likeness (QED) is 0.442. The molecule has 1 heteroatoms. The summed E-state index contributed by atoms with van der Waals surface area (Å²) in [4.78, 5) is 0. The maximum atomic E-state index is 3.13. The highest BCUT2D eigenvalue weighted by atomic mass is 14.8. The van der Waals surface area contributed by atoms with Gasteiger partial charge in [0, 0.05) is 0 Å². The van der Waals surface area contributed by atoms with Crippen molar-refractivity contribution in [3.8, 4) is 0 Å². The number of unbranched alkanes of at least 4 members (excludes halogenated alkanes) is 2. The molecule has 0 unspecified atom stereocenters. The smallest absolute Gasteiger partial charge is 0.00518 e. The minimum Gasteiger partial charge on any atom is -0.320 e. The standard InChI is InChI=1S/C9H19N/c1-3-4-5-6-7-8-9-10-2/h4-5,10H,3,6-9H2,1-2H3/b5-4+. The number of hydrogen-bond acceptors (Lipinski definition) is 1. The highest BCUT2D eigenvalue weighted by Gasteiger charge is 1.81. The maximum Gasteiger partial charge on any atom is -0.00518 e.